The molecule has 0 fully saturated rings. The van der Waals surface area contributed by atoms with Gasteiger partial charge in [0.05, 0.1) is 17.6 Å². The number of pyridine rings is 1. The number of aromatic nitrogens is 3. The molecule has 5 nitrogen and oxygen atoms in total. The lowest BCUT2D eigenvalue weighted by molar-refractivity contribution is -0.136. The van der Waals surface area contributed by atoms with Gasteiger partial charge in [-0.15, -0.1) is 0 Å². The van der Waals surface area contributed by atoms with Crippen molar-refractivity contribution in [1.82, 2.24) is 14.5 Å². The van der Waals surface area contributed by atoms with Crippen molar-refractivity contribution in [2.75, 3.05) is 0 Å². The number of para-hydroxylation sites is 1. The van der Waals surface area contributed by atoms with Gasteiger partial charge in [0.15, 0.2) is 0 Å². The third kappa shape index (κ3) is 2.35. The standard InChI is InChI=1S/C17H17N3O2/c1-3-15-18-8-9-20(15)17-12-6-4-5-7-14(12)19-11(2)13(17)10-16(21)22/h4-9H,3,10H2,1-2H3,(H,21,22). The van der Waals surface area contributed by atoms with Crippen LogP contribution in [0.2, 0.25) is 0 Å². The van der Waals surface area contributed by atoms with Gasteiger partial charge < -0.3 is 9.67 Å². The van der Waals surface area contributed by atoms with Gasteiger partial charge in [0.1, 0.15) is 5.82 Å². The number of fused-ring (bicyclic) bond motifs is 1. The molecule has 0 aliphatic carbocycles. The van der Waals surface area contributed by atoms with Crippen LogP contribution in [0.25, 0.3) is 16.6 Å². The minimum absolute atomic E-state index is 0.0552. The van der Waals surface area contributed by atoms with E-state index >= 15 is 0 Å². The minimum atomic E-state index is -0.861. The van der Waals surface area contributed by atoms with Gasteiger partial charge in [-0.3, -0.25) is 9.78 Å². The van der Waals surface area contributed by atoms with E-state index in [0.717, 1.165) is 40.1 Å². The highest BCUT2D eigenvalue weighted by molar-refractivity contribution is 5.90. The van der Waals surface area contributed by atoms with Crippen molar-refractivity contribution >= 4 is 16.9 Å². The third-order valence-electron chi connectivity index (χ3n) is 3.77. The Labute approximate surface area is 128 Å². The fraction of sp³-hybridized carbons (Fsp3) is 0.235. The van der Waals surface area contributed by atoms with Crippen LogP contribution in [0, 0.1) is 6.92 Å². The normalized spacial score (nSPS) is 11.0. The summed E-state index contributed by atoms with van der Waals surface area (Å²) in [7, 11) is 0. The van der Waals surface area contributed by atoms with Gasteiger partial charge in [0, 0.05) is 35.5 Å². The Balaban J connectivity index is 2.40. The van der Waals surface area contributed by atoms with Crippen molar-refractivity contribution in [3.8, 4) is 5.69 Å². The van der Waals surface area contributed by atoms with Crippen molar-refractivity contribution in [3.05, 3.63) is 53.7 Å². The number of hydrogen-bond donors (Lipinski definition) is 1. The van der Waals surface area contributed by atoms with Crippen molar-refractivity contribution < 1.29 is 9.90 Å². The number of aryl methyl sites for hydroxylation is 2. The van der Waals surface area contributed by atoms with Gasteiger partial charge in [-0.2, -0.15) is 0 Å². The third-order valence-corrected chi connectivity index (χ3v) is 3.77. The van der Waals surface area contributed by atoms with Crippen LogP contribution in [-0.4, -0.2) is 25.6 Å². The van der Waals surface area contributed by atoms with E-state index in [1.54, 1.807) is 6.20 Å². The van der Waals surface area contributed by atoms with Crippen LogP contribution in [-0.2, 0) is 17.6 Å². The summed E-state index contributed by atoms with van der Waals surface area (Å²) < 4.78 is 1.98. The molecule has 1 N–H and O–H groups in total. The second-order valence-electron chi connectivity index (χ2n) is 5.18. The summed E-state index contributed by atoms with van der Waals surface area (Å²) in [5.41, 5.74) is 3.21. The van der Waals surface area contributed by atoms with E-state index in [1.165, 1.54) is 0 Å². The fourth-order valence-corrected chi connectivity index (χ4v) is 2.79. The van der Waals surface area contributed by atoms with Crippen molar-refractivity contribution in [2.45, 2.75) is 26.7 Å². The van der Waals surface area contributed by atoms with Crippen LogP contribution in [0.5, 0.6) is 0 Å². The Morgan fingerprint density at radius 3 is 2.82 bits per heavy atom. The zero-order valence-corrected chi connectivity index (χ0v) is 12.6. The number of aliphatic carboxylic acids is 1. The van der Waals surface area contributed by atoms with Crippen molar-refractivity contribution in [3.63, 3.8) is 0 Å². The van der Waals surface area contributed by atoms with E-state index in [1.807, 2.05) is 48.9 Å². The van der Waals surface area contributed by atoms with Gasteiger partial charge in [-0.1, -0.05) is 25.1 Å². The van der Waals surface area contributed by atoms with Crippen molar-refractivity contribution in [2.24, 2.45) is 0 Å². The Kier molecular flexibility index (Phi) is 3.63. The Hall–Kier alpha value is -2.69. The number of carbonyl (C=O) groups is 1. The number of imidazole rings is 1. The highest BCUT2D eigenvalue weighted by Crippen LogP contribution is 2.28. The van der Waals surface area contributed by atoms with E-state index in [2.05, 4.69) is 9.97 Å². The van der Waals surface area contributed by atoms with Gasteiger partial charge in [-0.25, -0.2) is 4.98 Å². The first kappa shape index (κ1) is 14.3. The van der Waals surface area contributed by atoms with E-state index in [4.69, 9.17) is 0 Å². The lowest BCUT2D eigenvalue weighted by Crippen LogP contribution is -2.11. The summed E-state index contributed by atoms with van der Waals surface area (Å²) in [4.78, 5) is 20.2. The Morgan fingerprint density at radius 2 is 2.09 bits per heavy atom. The molecule has 2 heterocycles. The highest BCUT2D eigenvalue weighted by atomic mass is 16.4. The molecule has 0 bridgehead atoms. The van der Waals surface area contributed by atoms with Crippen LogP contribution < -0.4 is 0 Å². The minimum Gasteiger partial charge on any atom is -0.481 e. The second-order valence-corrected chi connectivity index (χ2v) is 5.18. The molecule has 0 aliphatic heterocycles. The van der Waals surface area contributed by atoms with E-state index < -0.39 is 5.97 Å². The van der Waals surface area contributed by atoms with E-state index in [0.29, 0.717) is 0 Å². The first-order valence-corrected chi connectivity index (χ1v) is 7.24. The summed E-state index contributed by atoms with van der Waals surface area (Å²) in [6, 6.07) is 7.79. The number of hydrogen-bond acceptors (Lipinski definition) is 3. The molecule has 0 saturated carbocycles. The van der Waals surface area contributed by atoms with Gasteiger partial charge in [0.25, 0.3) is 0 Å². The molecule has 22 heavy (non-hydrogen) atoms. The van der Waals surface area contributed by atoms with Crippen LogP contribution in [0.4, 0.5) is 0 Å². The van der Waals surface area contributed by atoms with Crippen LogP contribution in [0.15, 0.2) is 36.7 Å². The molecule has 0 aliphatic rings. The Morgan fingerprint density at radius 1 is 1.32 bits per heavy atom. The second kappa shape index (κ2) is 5.60. The number of carboxylic acids is 1. The average molecular weight is 295 g/mol. The number of benzene rings is 1. The van der Waals surface area contributed by atoms with E-state index in [9.17, 15) is 9.90 Å². The maximum absolute atomic E-state index is 11.3. The predicted molar refractivity (Wildman–Crippen MR) is 84.3 cm³/mol. The molecule has 2 aromatic heterocycles. The average Bonchev–Trinajstić information content (AvgIpc) is 2.95. The molecule has 3 aromatic rings. The van der Waals surface area contributed by atoms with Gasteiger partial charge in [0.2, 0.25) is 0 Å². The molecule has 0 unspecified atom stereocenters. The quantitative estimate of drug-likeness (QED) is 0.803. The summed E-state index contributed by atoms with van der Waals surface area (Å²) in [6.45, 7) is 3.89. The van der Waals surface area contributed by atoms with Gasteiger partial charge >= 0.3 is 5.97 Å². The predicted octanol–water partition coefficient (Wildman–Crippen LogP) is 2.92. The molecule has 0 amide bonds. The first-order valence-electron chi connectivity index (χ1n) is 7.24. The summed E-state index contributed by atoms with van der Waals surface area (Å²) >= 11 is 0. The smallest absolute Gasteiger partial charge is 0.307 e. The molecule has 3 rings (SSSR count). The Bertz CT molecular complexity index is 852. The monoisotopic (exact) mass is 295 g/mol. The SMILES string of the molecule is CCc1nccn1-c1c(CC(=O)O)c(C)nc2ccccc12. The van der Waals surface area contributed by atoms with Gasteiger partial charge in [-0.05, 0) is 13.0 Å². The summed E-state index contributed by atoms with van der Waals surface area (Å²) in [5, 5.41) is 10.2. The summed E-state index contributed by atoms with van der Waals surface area (Å²) in [5.74, 6) is 0.0435. The van der Waals surface area contributed by atoms with Crippen LogP contribution >= 0.6 is 0 Å². The number of nitrogens with zero attached hydrogens (tertiary/aromatic N) is 3. The van der Waals surface area contributed by atoms with Crippen molar-refractivity contribution in [1.29, 1.82) is 0 Å². The molecule has 112 valence electrons. The summed E-state index contributed by atoms with van der Waals surface area (Å²) in [6.07, 6.45) is 4.34. The number of rotatable bonds is 4. The maximum Gasteiger partial charge on any atom is 0.307 e. The largest absolute Gasteiger partial charge is 0.481 e. The topological polar surface area (TPSA) is 68.0 Å². The molecule has 1 aromatic carbocycles. The number of carboxylic acid groups (broad SMARTS) is 1. The van der Waals surface area contributed by atoms with Crippen LogP contribution in [0.3, 0.4) is 0 Å². The van der Waals surface area contributed by atoms with E-state index in [-0.39, 0.29) is 6.42 Å². The zero-order valence-electron chi connectivity index (χ0n) is 12.6. The molecule has 0 atom stereocenters. The first-order chi connectivity index (χ1) is 10.6. The lowest BCUT2D eigenvalue weighted by Gasteiger charge is -2.16. The molecular formula is C17H17N3O2. The van der Waals surface area contributed by atoms with Crippen LogP contribution in [0.1, 0.15) is 24.0 Å². The molecule has 0 saturated heterocycles. The molecule has 5 heteroatoms. The zero-order chi connectivity index (χ0) is 15.7. The lowest BCUT2D eigenvalue weighted by atomic mass is 10.0. The molecular weight excluding hydrogens is 278 g/mol. The fourth-order valence-electron chi connectivity index (χ4n) is 2.79. The molecule has 0 spiro atoms. The highest BCUT2D eigenvalue weighted by Gasteiger charge is 2.18. The molecule has 0 radical (unpaired) electrons. The maximum atomic E-state index is 11.3.